The molecule has 60 valence electrons. The second-order valence-corrected chi connectivity index (χ2v) is 1.83. The molecule has 4 nitrogen and oxygen atoms in total. The zero-order valence-corrected chi connectivity index (χ0v) is 6.00. The average molecular weight is 148 g/mol. The molecule has 0 radical (unpaired) electrons. The molecule has 0 aliphatic rings. The molecule has 0 spiro atoms. The lowest BCUT2D eigenvalue weighted by molar-refractivity contribution is -0.235. The number of carbonyl (C=O) groups excluding carboxylic acids is 1. The van der Waals surface area contributed by atoms with Crippen molar-refractivity contribution >= 4 is 5.97 Å². The van der Waals surface area contributed by atoms with Crippen molar-refractivity contribution in [1.29, 1.82) is 0 Å². The van der Waals surface area contributed by atoms with Crippen LogP contribution in [-0.2, 0) is 14.4 Å². The first-order chi connectivity index (χ1) is 4.81. The highest BCUT2D eigenvalue weighted by Crippen LogP contribution is 1.86. The Labute approximate surface area is 59.7 Å². The summed E-state index contributed by atoms with van der Waals surface area (Å²) < 4.78 is 4.94. The highest BCUT2D eigenvalue weighted by atomic mass is 17.1. The van der Waals surface area contributed by atoms with E-state index in [0.29, 0.717) is 13.2 Å². The van der Waals surface area contributed by atoms with Gasteiger partial charge in [0.2, 0.25) is 0 Å². The van der Waals surface area contributed by atoms with Crippen molar-refractivity contribution in [2.75, 3.05) is 13.2 Å². The molecule has 0 atom stereocenters. The molecule has 0 unspecified atom stereocenters. The smallest absolute Gasteiger partial charge is 0.344 e. The average Bonchev–Trinajstić information content (AvgIpc) is 1.98. The Bertz CT molecular complexity index is 91.7. The van der Waals surface area contributed by atoms with Gasteiger partial charge in [0.05, 0.1) is 13.0 Å². The molecule has 1 N–H and O–H groups in total. The fraction of sp³-hybridized carbons (Fsp3) is 0.833. The summed E-state index contributed by atoms with van der Waals surface area (Å²) in [7, 11) is 0. The fourth-order valence-corrected chi connectivity index (χ4v) is 0.448. The molecule has 0 saturated heterocycles. The molecule has 0 aliphatic heterocycles. The largest absolute Gasteiger partial charge is 0.381 e. The second-order valence-electron chi connectivity index (χ2n) is 1.83. The fourth-order valence-electron chi connectivity index (χ4n) is 0.448. The lowest BCUT2D eigenvalue weighted by Crippen LogP contribution is -2.06. The van der Waals surface area contributed by atoms with Crippen molar-refractivity contribution in [3.63, 3.8) is 0 Å². The summed E-state index contributed by atoms with van der Waals surface area (Å²) in [4.78, 5) is 13.6. The summed E-state index contributed by atoms with van der Waals surface area (Å²) in [5.41, 5.74) is 0. The molecule has 0 bridgehead atoms. The van der Waals surface area contributed by atoms with E-state index in [9.17, 15) is 4.79 Å². The van der Waals surface area contributed by atoms with Gasteiger partial charge in [-0.3, -0.25) is 0 Å². The van der Waals surface area contributed by atoms with E-state index in [1.165, 1.54) is 0 Å². The Morgan fingerprint density at radius 1 is 1.50 bits per heavy atom. The van der Waals surface area contributed by atoms with Gasteiger partial charge in [0.1, 0.15) is 0 Å². The van der Waals surface area contributed by atoms with Crippen molar-refractivity contribution in [2.24, 2.45) is 0 Å². The van der Waals surface area contributed by atoms with Crippen LogP contribution in [0, 0.1) is 0 Å². The maximum atomic E-state index is 10.2. The second kappa shape index (κ2) is 6.51. The molecule has 0 fully saturated rings. The monoisotopic (exact) mass is 148 g/mol. The number of ether oxygens (including phenoxy) is 1. The van der Waals surface area contributed by atoms with Crippen molar-refractivity contribution in [3.8, 4) is 0 Å². The Kier molecular flexibility index (Phi) is 6.11. The van der Waals surface area contributed by atoms with Gasteiger partial charge in [0.25, 0.3) is 0 Å². The summed E-state index contributed by atoms with van der Waals surface area (Å²) in [5.74, 6) is -0.656. The maximum Gasteiger partial charge on any atom is 0.344 e. The van der Waals surface area contributed by atoms with Crippen molar-refractivity contribution in [2.45, 2.75) is 19.8 Å². The summed E-state index contributed by atoms with van der Waals surface area (Å²) in [6.07, 6.45) is 1.03. The minimum absolute atomic E-state index is 0.108. The molecule has 0 heterocycles. The van der Waals surface area contributed by atoms with E-state index in [-0.39, 0.29) is 6.42 Å². The molecule has 0 aromatic heterocycles. The molecule has 0 rings (SSSR count). The van der Waals surface area contributed by atoms with Crippen molar-refractivity contribution in [1.82, 2.24) is 0 Å². The quantitative estimate of drug-likeness (QED) is 0.356. The Morgan fingerprint density at radius 2 is 2.20 bits per heavy atom. The topological polar surface area (TPSA) is 55.8 Å². The predicted octanol–water partition coefficient (Wildman–Crippen LogP) is 0.819. The molecule has 0 aromatic carbocycles. The number of hydrogen-bond donors (Lipinski definition) is 1. The van der Waals surface area contributed by atoms with Crippen molar-refractivity contribution < 1.29 is 19.7 Å². The summed E-state index contributed by atoms with van der Waals surface area (Å²) in [6.45, 7) is 2.93. The summed E-state index contributed by atoms with van der Waals surface area (Å²) in [6, 6.07) is 0. The zero-order chi connectivity index (χ0) is 7.82. The van der Waals surface area contributed by atoms with Gasteiger partial charge in [-0.05, 0) is 6.42 Å². The molecular weight excluding hydrogens is 136 g/mol. The van der Waals surface area contributed by atoms with E-state index in [1.807, 2.05) is 6.92 Å². The molecule has 10 heavy (non-hydrogen) atoms. The van der Waals surface area contributed by atoms with Crippen LogP contribution in [0.25, 0.3) is 0 Å². The predicted molar refractivity (Wildman–Crippen MR) is 34.4 cm³/mol. The van der Waals surface area contributed by atoms with Gasteiger partial charge in [0.15, 0.2) is 0 Å². The normalized spacial score (nSPS) is 9.40. The van der Waals surface area contributed by atoms with Gasteiger partial charge < -0.3 is 9.62 Å². The first-order valence-electron chi connectivity index (χ1n) is 3.23. The van der Waals surface area contributed by atoms with Crippen LogP contribution in [0.5, 0.6) is 0 Å². The summed E-state index contributed by atoms with van der Waals surface area (Å²) >= 11 is 0. The third-order valence-corrected chi connectivity index (χ3v) is 0.901. The lowest BCUT2D eigenvalue weighted by Gasteiger charge is -1.98. The highest BCUT2D eigenvalue weighted by Gasteiger charge is 1.99. The van der Waals surface area contributed by atoms with Crippen LogP contribution in [0.15, 0.2) is 0 Å². The van der Waals surface area contributed by atoms with Gasteiger partial charge in [-0.2, -0.15) is 5.26 Å². The van der Waals surface area contributed by atoms with Crippen LogP contribution in [0.3, 0.4) is 0 Å². The van der Waals surface area contributed by atoms with Crippen LogP contribution in [-0.4, -0.2) is 24.4 Å². The minimum atomic E-state index is -0.656. The molecule has 0 amide bonds. The third-order valence-electron chi connectivity index (χ3n) is 0.901. The molecule has 0 aliphatic carbocycles. The van der Waals surface area contributed by atoms with Crippen LogP contribution in [0.2, 0.25) is 0 Å². The zero-order valence-electron chi connectivity index (χ0n) is 6.00. The molecular formula is C6H12O4. The van der Waals surface area contributed by atoms with E-state index in [2.05, 4.69) is 4.89 Å². The standard InChI is InChI=1S/C6H12O4/c1-2-4-9-5-3-6(7)10-8/h8H,2-5H2,1H3. The van der Waals surface area contributed by atoms with Gasteiger partial charge in [-0.25, -0.2) is 4.79 Å². The van der Waals surface area contributed by atoms with E-state index in [0.717, 1.165) is 6.42 Å². The lowest BCUT2D eigenvalue weighted by atomic mass is 10.4. The highest BCUT2D eigenvalue weighted by molar-refractivity contribution is 5.68. The van der Waals surface area contributed by atoms with E-state index >= 15 is 0 Å². The van der Waals surface area contributed by atoms with Gasteiger partial charge in [-0.1, -0.05) is 6.92 Å². The van der Waals surface area contributed by atoms with Gasteiger partial charge in [0, 0.05) is 6.61 Å². The number of rotatable bonds is 5. The SMILES string of the molecule is CCCOCCC(=O)OO. The van der Waals surface area contributed by atoms with Crippen molar-refractivity contribution in [3.05, 3.63) is 0 Å². The van der Waals surface area contributed by atoms with Crippen LogP contribution in [0.1, 0.15) is 19.8 Å². The molecule has 0 saturated carbocycles. The van der Waals surface area contributed by atoms with Crippen LogP contribution in [0.4, 0.5) is 0 Å². The molecule has 4 heteroatoms. The maximum absolute atomic E-state index is 10.2. The van der Waals surface area contributed by atoms with E-state index in [4.69, 9.17) is 9.99 Å². The van der Waals surface area contributed by atoms with Gasteiger partial charge in [-0.15, -0.1) is 0 Å². The third kappa shape index (κ3) is 5.53. The van der Waals surface area contributed by atoms with Gasteiger partial charge >= 0.3 is 5.97 Å². The van der Waals surface area contributed by atoms with Crippen LogP contribution < -0.4 is 0 Å². The minimum Gasteiger partial charge on any atom is -0.381 e. The first kappa shape index (κ1) is 9.39. The van der Waals surface area contributed by atoms with Crippen LogP contribution >= 0.6 is 0 Å². The summed E-state index contributed by atoms with van der Waals surface area (Å²) in [5, 5.41) is 7.79. The Balaban J connectivity index is 2.96. The molecule has 0 aromatic rings. The Morgan fingerprint density at radius 3 is 2.70 bits per heavy atom. The van der Waals surface area contributed by atoms with E-state index < -0.39 is 5.97 Å². The number of carbonyl (C=O) groups is 1. The van der Waals surface area contributed by atoms with E-state index in [1.54, 1.807) is 0 Å². The Hall–Kier alpha value is -0.610. The number of hydrogen-bond acceptors (Lipinski definition) is 4. The first-order valence-corrected chi connectivity index (χ1v) is 3.23.